The van der Waals surface area contributed by atoms with E-state index in [1.54, 1.807) is 11.3 Å². The third kappa shape index (κ3) is 4.55. The minimum absolute atomic E-state index is 0.637. The van der Waals surface area contributed by atoms with Crippen molar-refractivity contribution in [1.29, 1.82) is 0 Å². The maximum atomic E-state index is 5.95. The van der Waals surface area contributed by atoms with Crippen LogP contribution in [0.25, 0.3) is 0 Å². The molecule has 112 valence electrons. The van der Waals surface area contributed by atoms with E-state index < -0.39 is 0 Å². The van der Waals surface area contributed by atoms with Crippen molar-refractivity contribution >= 4 is 22.9 Å². The fraction of sp³-hybridized carbons (Fsp3) is 0.412. The monoisotopic (exact) mass is 320 g/mol. The lowest BCUT2D eigenvalue weighted by Gasteiger charge is -2.32. The topological polar surface area (TPSA) is 15.3 Å². The molecule has 4 heteroatoms. The maximum Gasteiger partial charge on any atom is 0.0516 e. The van der Waals surface area contributed by atoms with Gasteiger partial charge in [-0.1, -0.05) is 41.9 Å². The Morgan fingerprint density at radius 2 is 1.95 bits per heavy atom. The number of benzene rings is 1. The third-order valence-corrected chi connectivity index (χ3v) is 5.31. The van der Waals surface area contributed by atoms with E-state index in [9.17, 15) is 0 Å². The van der Waals surface area contributed by atoms with Gasteiger partial charge in [-0.2, -0.15) is 0 Å². The lowest BCUT2D eigenvalue weighted by Crippen LogP contribution is -2.41. The molecule has 1 aromatic carbocycles. The van der Waals surface area contributed by atoms with E-state index in [2.05, 4.69) is 46.6 Å². The quantitative estimate of drug-likeness (QED) is 0.890. The van der Waals surface area contributed by atoms with Crippen LogP contribution in [0.15, 0.2) is 41.8 Å². The Bertz CT molecular complexity index is 547. The van der Waals surface area contributed by atoms with Gasteiger partial charge in [0, 0.05) is 29.4 Å². The Labute approximate surface area is 135 Å². The Balaban J connectivity index is 1.40. The summed E-state index contributed by atoms with van der Waals surface area (Å²) in [7, 11) is 0. The molecule has 2 heterocycles. The molecule has 2 aromatic rings. The van der Waals surface area contributed by atoms with Gasteiger partial charge >= 0.3 is 0 Å². The molecule has 1 aromatic heterocycles. The molecule has 0 unspecified atom stereocenters. The highest BCUT2D eigenvalue weighted by Gasteiger charge is 2.18. The summed E-state index contributed by atoms with van der Waals surface area (Å²) in [5, 5.41) is 6.52. The van der Waals surface area contributed by atoms with Crippen LogP contribution in [0.2, 0.25) is 5.02 Å². The molecule has 2 nitrogen and oxygen atoms in total. The predicted molar refractivity (Wildman–Crippen MR) is 90.9 cm³/mol. The Morgan fingerprint density at radius 1 is 1.19 bits per heavy atom. The summed E-state index contributed by atoms with van der Waals surface area (Å²) in [5.41, 5.74) is 1.41. The lowest BCUT2D eigenvalue weighted by molar-refractivity contribution is 0.190. The number of thiophene rings is 1. The zero-order chi connectivity index (χ0) is 14.5. The summed E-state index contributed by atoms with van der Waals surface area (Å²) in [6.07, 6.45) is 2.46. The van der Waals surface area contributed by atoms with Crippen molar-refractivity contribution in [3.05, 3.63) is 57.2 Å². The fourth-order valence-electron chi connectivity index (χ4n) is 2.83. The lowest BCUT2D eigenvalue weighted by atomic mass is 10.0. The molecule has 1 N–H and O–H groups in total. The molecule has 1 aliphatic heterocycles. The standard InChI is InChI=1S/C17H21ClN2S/c18-15-10-17(21-13-15)11-19-16-6-8-20(9-7-16)12-14-4-2-1-3-5-14/h1-5,10,13,16,19H,6-9,11-12H2. The molecular weight excluding hydrogens is 300 g/mol. The van der Waals surface area contributed by atoms with Crippen molar-refractivity contribution in [2.45, 2.75) is 32.0 Å². The molecule has 1 aliphatic rings. The van der Waals surface area contributed by atoms with Crippen LogP contribution in [0.5, 0.6) is 0 Å². The van der Waals surface area contributed by atoms with Gasteiger partial charge in [0.15, 0.2) is 0 Å². The van der Waals surface area contributed by atoms with Crippen molar-refractivity contribution in [3.63, 3.8) is 0 Å². The molecule has 21 heavy (non-hydrogen) atoms. The Hall–Kier alpha value is -0.870. The van der Waals surface area contributed by atoms with E-state index in [0.29, 0.717) is 6.04 Å². The van der Waals surface area contributed by atoms with Crippen LogP contribution in [0.1, 0.15) is 23.3 Å². The molecule has 0 bridgehead atoms. The largest absolute Gasteiger partial charge is 0.309 e. The second-order valence-electron chi connectivity index (χ2n) is 5.65. The number of nitrogens with zero attached hydrogens (tertiary/aromatic N) is 1. The average Bonchev–Trinajstić information content (AvgIpc) is 2.93. The Kier molecular flexibility index (Phi) is 5.31. The summed E-state index contributed by atoms with van der Waals surface area (Å²) < 4.78 is 0. The summed E-state index contributed by atoms with van der Waals surface area (Å²) in [6, 6.07) is 13.4. The summed E-state index contributed by atoms with van der Waals surface area (Å²) in [5.74, 6) is 0. The van der Waals surface area contributed by atoms with Gasteiger partial charge in [-0.05, 0) is 37.6 Å². The minimum Gasteiger partial charge on any atom is -0.309 e. The number of piperidine rings is 1. The van der Waals surface area contributed by atoms with Crippen molar-refractivity contribution in [2.24, 2.45) is 0 Å². The number of nitrogens with one attached hydrogen (secondary N) is 1. The molecule has 0 amide bonds. The van der Waals surface area contributed by atoms with E-state index in [1.807, 2.05) is 5.38 Å². The Morgan fingerprint density at radius 3 is 2.62 bits per heavy atom. The van der Waals surface area contributed by atoms with E-state index in [-0.39, 0.29) is 0 Å². The van der Waals surface area contributed by atoms with Gasteiger partial charge < -0.3 is 5.32 Å². The van der Waals surface area contributed by atoms with Crippen LogP contribution in [0, 0.1) is 0 Å². The van der Waals surface area contributed by atoms with Crippen molar-refractivity contribution in [1.82, 2.24) is 10.2 Å². The number of rotatable bonds is 5. The highest BCUT2D eigenvalue weighted by Crippen LogP contribution is 2.20. The first-order valence-corrected chi connectivity index (χ1v) is 8.78. The second kappa shape index (κ2) is 7.41. The minimum atomic E-state index is 0.637. The maximum absolute atomic E-state index is 5.95. The summed E-state index contributed by atoms with van der Waals surface area (Å²) in [6.45, 7) is 4.38. The molecule has 3 rings (SSSR count). The van der Waals surface area contributed by atoms with Crippen molar-refractivity contribution < 1.29 is 0 Å². The highest BCUT2D eigenvalue weighted by atomic mass is 35.5. The van der Waals surface area contributed by atoms with Gasteiger partial charge in [-0.25, -0.2) is 0 Å². The highest BCUT2D eigenvalue weighted by molar-refractivity contribution is 7.10. The SMILES string of the molecule is Clc1csc(CNC2CCN(Cc3ccccc3)CC2)c1. The van der Waals surface area contributed by atoms with E-state index in [4.69, 9.17) is 11.6 Å². The number of hydrogen-bond acceptors (Lipinski definition) is 3. The van der Waals surface area contributed by atoms with Gasteiger partial charge in [-0.3, -0.25) is 4.90 Å². The zero-order valence-electron chi connectivity index (χ0n) is 12.1. The summed E-state index contributed by atoms with van der Waals surface area (Å²) >= 11 is 7.69. The zero-order valence-corrected chi connectivity index (χ0v) is 13.7. The van der Waals surface area contributed by atoms with Crippen LogP contribution in [-0.4, -0.2) is 24.0 Å². The normalized spacial score (nSPS) is 17.2. The number of halogens is 1. The van der Waals surface area contributed by atoms with Gasteiger partial charge in [0.2, 0.25) is 0 Å². The molecule has 0 atom stereocenters. The van der Waals surface area contributed by atoms with Crippen LogP contribution in [0.3, 0.4) is 0 Å². The van der Waals surface area contributed by atoms with Gasteiger partial charge in [-0.15, -0.1) is 11.3 Å². The molecule has 0 radical (unpaired) electrons. The van der Waals surface area contributed by atoms with Crippen molar-refractivity contribution in [2.75, 3.05) is 13.1 Å². The van der Waals surface area contributed by atoms with Gasteiger partial charge in [0.1, 0.15) is 0 Å². The van der Waals surface area contributed by atoms with Crippen LogP contribution < -0.4 is 5.32 Å². The molecule has 0 saturated carbocycles. The molecular formula is C17H21ClN2S. The van der Waals surface area contributed by atoms with E-state index >= 15 is 0 Å². The first kappa shape index (κ1) is 15.0. The molecule has 1 fully saturated rings. The van der Waals surface area contributed by atoms with Crippen LogP contribution in [-0.2, 0) is 13.1 Å². The first-order valence-electron chi connectivity index (χ1n) is 7.52. The number of likely N-dealkylation sites (tertiary alicyclic amines) is 1. The second-order valence-corrected chi connectivity index (χ2v) is 7.08. The van der Waals surface area contributed by atoms with E-state index in [1.165, 1.54) is 36.4 Å². The predicted octanol–water partition coefficient (Wildman–Crippen LogP) is 4.16. The fourth-order valence-corrected chi connectivity index (χ4v) is 3.85. The smallest absolute Gasteiger partial charge is 0.0516 e. The van der Waals surface area contributed by atoms with Gasteiger partial charge in [0.25, 0.3) is 0 Å². The van der Waals surface area contributed by atoms with Crippen molar-refractivity contribution in [3.8, 4) is 0 Å². The molecule has 0 aliphatic carbocycles. The average molecular weight is 321 g/mol. The first-order chi connectivity index (χ1) is 10.3. The summed E-state index contributed by atoms with van der Waals surface area (Å²) in [4.78, 5) is 3.88. The van der Waals surface area contributed by atoms with Gasteiger partial charge in [0.05, 0.1) is 5.02 Å². The molecule has 1 saturated heterocycles. The van der Waals surface area contributed by atoms with E-state index in [0.717, 1.165) is 18.1 Å². The van der Waals surface area contributed by atoms with Crippen LogP contribution >= 0.6 is 22.9 Å². The number of hydrogen-bond donors (Lipinski definition) is 1. The van der Waals surface area contributed by atoms with Crippen LogP contribution in [0.4, 0.5) is 0 Å². The third-order valence-electron chi connectivity index (χ3n) is 4.02. The molecule has 0 spiro atoms.